The molecule has 2 aliphatic rings. The Morgan fingerprint density at radius 1 is 1.26 bits per heavy atom. The molecular formula is C12H14F3N3O. The van der Waals surface area contributed by atoms with Crippen LogP contribution in [0.3, 0.4) is 0 Å². The molecule has 0 aromatic carbocycles. The maximum Gasteiger partial charge on any atom is 0.401 e. The van der Waals surface area contributed by atoms with E-state index in [0.29, 0.717) is 5.88 Å². The Labute approximate surface area is 108 Å². The SMILES string of the molecule is FC(F)(F)CN1CC(Oc2cc3c(nn2)CCC3)C1. The smallest absolute Gasteiger partial charge is 0.401 e. The Balaban J connectivity index is 1.51. The summed E-state index contributed by atoms with van der Waals surface area (Å²) in [6, 6.07) is 1.86. The van der Waals surface area contributed by atoms with E-state index in [4.69, 9.17) is 4.74 Å². The van der Waals surface area contributed by atoms with Gasteiger partial charge in [0.1, 0.15) is 6.10 Å². The predicted octanol–water partition coefficient (Wildman–Crippen LogP) is 1.59. The van der Waals surface area contributed by atoms with Crippen LogP contribution in [0.1, 0.15) is 17.7 Å². The fraction of sp³-hybridized carbons (Fsp3) is 0.667. The molecule has 7 heteroatoms. The summed E-state index contributed by atoms with van der Waals surface area (Å²) in [4.78, 5) is 1.31. The quantitative estimate of drug-likeness (QED) is 0.838. The van der Waals surface area contributed by atoms with E-state index >= 15 is 0 Å². The molecule has 0 amide bonds. The van der Waals surface area contributed by atoms with Gasteiger partial charge < -0.3 is 4.74 Å². The number of halogens is 3. The number of aryl methyl sites for hydroxylation is 2. The maximum absolute atomic E-state index is 12.1. The van der Waals surface area contributed by atoms with Gasteiger partial charge in [0.15, 0.2) is 0 Å². The van der Waals surface area contributed by atoms with Crippen molar-refractivity contribution in [3.63, 3.8) is 0 Å². The Kier molecular flexibility index (Phi) is 3.08. The molecule has 1 aliphatic carbocycles. The first-order chi connectivity index (χ1) is 8.99. The van der Waals surface area contributed by atoms with Crippen molar-refractivity contribution in [1.82, 2.24) is 15.1 Å². The van der Waals surface area contributed by atoms with Gasteiger partial charge in [0.2, 0.25) is 5.88 Å². The summed E-state index contributed by atoms with van der Waals surface area (Å²) in [6.07, 6.45) is -1.34. The fourth-order valence-electron chi connectivity index (χ4n) is 2.52. The van der Waals surface area contributed by atoms with Gasteiger partial charge in [-0.3, -0.25) is 4.90 Å². The molecule has 0 bridgehead atoms. The second-order valence-corrected chi connectivity index (χ2v) is 5.06. The topological polar surface area (TPSA) is 38.2 Å². The third-order valence-corrected chi connectivity index (χ3v) is 3.41. The highest BCUT2D eigenvalue weighted by atomic mass is 19.4. The van der Waals surface area contributed by atoms with Gasteiger partial charge in [-0.25, -0.2) is 0 Å². The Morgan fingerprint density at radius 3 is 2.79 bits per heavy atom. The predicted molar refractivity (Wildman–Crippen MR) is 61.0 cm³/mol. The number of hydrogen-bond acceptors (Lipinski definition) is 4. The van der Waals surface area contributed by atoms with Gasteiger partial charge in [0.05, 0.1) is 12.2 Å². The zero-order valence-electron chi connectivity index (χ0n) is 10.3. The Hall–Kier alpha value is -1.37. The second kappa shape index (κ2) is 4.63. The molecule has 3 rings (SSSR count). The summed E-state index contributed by atoms with van der Waals surface area (Å²) in [6.45, 7) is -0.292. The summed E-state index contributed by atoms with van der Waals surface area (Å²) in [5.41, 5.74) is 2.16. The normalized spacial score (nSPS) is 20.2. The largest absolute Gasteiger partial charge is 0.471 e. The summed E-state index contributed by atoms with van der Waals surface area (Å²) >= 11 is 0. The van der Waals surface area contributed by atoms with E-state index in [1.165, 1.54) is 4.90 Å². The summed E-state index contributed by atoms with van der Waals surface area (Å²) in [7, 11) is 0. The lowest BCUT2D eigenvalue weighted by Crippen LogP contribution is -2.56. The summed E-state index contributed by atoms with van der Waals surface area (Å²) < 4.78 is 41.9. The number of alkyl halides is 3. The molecule has 0 unspecified atom stereocenters. The van der Waals surface area contributed by atoms with E-state index in [1.54, 1.807) is 0 Å². The number of nitrogens with zero attached hydrogens (tertiary/aromatic N) is 3. The molecule has 0 N–H and O–H groups in total. The van der Waals surface area contributed by atoms with E-state index in [1.807, 2.05) is 6.07 Å². The van der Waals surface area contributed by atoms with Crippen LogP contribution in [-0.2, 0) is 12.8 Å². The number of aromatic nitrogens is 2. The van der Waals surface area contributed by atoms with Gasteiger partial charge in [0, 0.05) is 19.2 Å². The number of fused-ring (bicyclic) bond motifs is 1. The molecule has 0 spiro atoms. The minimum absolute atomic E-state index is 0.212. The van der Waals surface area contributed by atoms with E-state index < -0.39 is 12.7 Å². The van der Waals surface area contributed by atoms with Gasteiger partial charge in [-0.15, -0.1) is 5.10 Å². The van der Waals surface area contributed by atoms with Crippen molar-refractivity contribution in [2.45, 2.75) is 31.5 Å². The minimum Gasteiger partial charge on any atom is -0.471 e. The molecular weight excluding hydrogens is 259 g/mol. The molecule has 2 heterocycles. The molecule has 1 aliphatic heterocycles. The molecule has 1 fully saturated rings. The van der Waals surface area contributed by atoms with Crippen molar-refractivity contribution in [2.24, 2.45) is 0 Å². The zero-order chi connectivity index (χ0) is 13.5. The van der Waals surface area contributed by atoms with Crippen LogP contribution in [0.15, 0.2) is 6.07 Å². The van der Waals surface area contributed by atoms with Crippen LogP contribution in [0.4, 0.5) is 13.2 Å². The summed E-state index contributed by atoms with van der Waals surface area (Å²) in [5, 5.41) is 8.04. The fourth-order valence-corrected chi connectivity index (χ4v) is 2.52. The number of hydrogen-bond donors (Lipinski definition) is 0. The molecule has 4 nitrogen and oxygen atoms in total. The third kappa shape index (κ3) is 2.97. The van der Waals surface area contributed by atoms with Crippen molar-refractivity contribution < 1.29 is 17.9 Å². The van der Waals surface area contributed by atoms with Crippen molar-refractivity contribution >= 4 is 0 Å². The highest BCUT2D eigenvalue weighted by Crippen LogP contribution is 2.25. The second-order valence-electron chi connectivity index (χ2n) is 5.06. The first-order valence-corrected chi connectivity index (χ1v) is 6.31. The molecule has 1 aromatic heterocycles. The number of ether oxygens (including phenoxy) is 1. The van der Waals surface area contributed by atoms with Crippen LogP contribution in [0.25, 0.3) is 0 Å². The third-order valence-electron chi connectivity index (χ3n) is 3.41. The molecule has 1 saturated heterocycles. The molecule has 19 heavy (non-hydrogen) atoms. The lowest BCUT2D eigenvalue weighted by molar-refractivity contribution is -0.162. The van der Waals surface area contributed by atoms with Gasteiger partial charge in [0.25, 0.3) is 0 Å². The maximum atomic E-state index is 12.1. The monoisotopic (exact) mass is 273 g/mol. The minimum atomic E-state index is -4.14. The van der Waals surface area contributed by atoms with E-state index in [-0.39, 0.29) is 19.2 Å². The first kappa shape index (κ1) is 12.7. The van der Waals surface area contributed by atoms with E-state index in [0.717, 1.165) is 30.5 Å². The van der Waals surface area contributed by atoms with Crippen LogP contribution in [0.5, 0.6) is 5.88 Å². The average Bonchev–Trinajstić information content (AvgIpc) is 2.71. The molecule has 0 atom stereocenters. The standard InChI is InChI=1S/C12H14F3N3O/c13-12(14,15)7-18-5-9(6-18)19-11-4-8-2-1-3-10(8)16-17-11/h4,9H,1-3,5-7H2. The van der Waals surface area contributed by atoms with Gasteiger partial charge in [-0.1, -0.05) is 0 Å². The van der Waals surface area contributed by atoms with Gasteiger partial charge in [-0.2, -0.15) is 18.3 Å². The van der Waals surface area contributed by atoms with E-state index in [9.17, 15) is 13.2 Å². The lowest BCUT2D eigenvalue weighted by Gasteiger charge is -2.38. The first-order valence-electron chi connectivity index (χ1n) is 6.31. The molecule has 1 aromatic rings. The van der Waals surface area contributed by atoms with Crippen molar-refractivity contribution in [3.05, 3.63) is 17.3 Å². The van der Waals surface area contributed by atoms with Crippen LogP contribution < -0.4 is 4.74 Å². The van der Waals surface area contributed by atoms with Crippen LogP contribution in [-0.4, -0.2) is 47.0 Å². The summed E-state index contributed by atoms with van der Waals surface area (Å²) in [5.74, 6) is 0.428. The Morgan fingerprint density at radius 2 is 2.05 bits per heavy atom. The zero-order valence-corrected chi connectivity index (χ0v) is 10.3. The Bertz CT molecular complexity index is 472. The van der Waals surface area contributed by atoms with Gasteiger partial charge in [-0.05, 0) is 24.8 Å². The number of likely N-dealkylation sites (tertiary alicyclic amines) is 1. The van der Waals surface area contributed by atoms with Crippen molar-refractivity contribution in [2.75, 3.05) is 19.6 Å². The lowest BCUT2D eigenvalue weighted by atomic mass is 10.1. The molecule has 0 saturated carbocycles. The van der Waals surface area contributed by atoms with Crippen LogP contribution in [0, 0.1) is 0 Å². The molecule has 104 valence electrons. The van der Waals surface area contributed by atoms with Gasteiger partial charge >= 0.3 is 6.18 Å². The van der Waals surface area contributed by atoms with Crippen molar-refractivity contribution in [1.29, 1.82) is 0 Å². The highest BCUT2D eigenvalue weighted by molar-refractivity contribution is 5.28. The van der Waals surface area contributed by atoms with Crippen molar-refractivity contribution in [3.8, 4) is 5.88 Å². The molecule has 0 radical (unpaired) electrons. The highest BCUT2D eigenvalue weighted by Gasteiger charge is 2.38. The average molecular weight is 273 g/mol. The van der Waals surface area contributed by atoms with E-state index in [2.05, 4.69) is 10.2 Å². The van der Waals surface area contributed by atoms with Crippen LogP contribution in [0.2, 0.25) is 0 Å². The van der Waals surface area contributed by atoms with Crippen LogP contribution >= 0.6 is 0 Å². The number of rotatable bonds is 3.